The number of carbonyl (C=O) groups is 2. The maximum Gasteiger partial charge on any atom is 0.492 e. The Morgan fingerprint density at radius 1 is 1.12 bits per heavy atom. The minimum absolute atomic E-state index is 0.117. The Labute approximate surface area is 232 Å². The van der Waals surface area contributed by atoms with Crippen molar-refractivity contribution in [2.24, 2.45) is 0 Å². The van der Waals surface area contributed by atoms with Gasteiger partial charge in [-0.2, -0.15) is 26.3 Å². The van der Waals surface area contributed by atoms with E-state index in [4.69, 9.17) is 4.74 Å². The van der Waals surface area contributed by atoms with Crippen LogP contribution in [0.15, 0.2) is 60.4 Å². The molecule has 1 unspecified atom stereocenters. The van der Waals surface area contributed by atoms with Crippen molar-refractivity contribution in [3.05, 3.63) is 87.2 Å². The van der Waals surface area contributed by atoms with E-state index in [0.717, 1.165) is 36.2 Å². The predicted molar refractivity (Wildman–Crippen MR) is 132 cm³/mol. The van der Waals surface area contributed by atoms with Gasteiger partial charge in [-0.25, -0.2) is 5.43 Å². The molecular weight excluding hydrogens is 578 g/mol. The smallest absolute Gasteiger partial charge is 0.492 e. The number of ether oxygens (including phenoxy) is 1. The number of aromatic nitrogens is 3. The Morgan fingerprint density at radius 2 is 1.76 bits per heavy atom. The third kappa shape index (κ3) is 6.34. The number of nitrogens with one attached hydrogen (secondary N) is 2. The first kappa shape index (κ1) is 30.0. The topological polar surface area (TPSA) is 141 Å². The number of halogens is 6. The summed E-state index contributed by atoms with van der Waals surface area (Å²) in [6.45, 7) is 0.965. The molecule has 17 heteroatoms. The molecule has 2 amide bonds. The monoisotopic (exact) mass is 598 g/mol. The zero-order valence-electron chi connectivity index (χ0n) is 21.4. The number of rotatable bonds is 8. The molecule has 42 heavy (non-hydrogen) atoms. The zero-order chi connectivity index (χ0) is 30.9. The molecule has 0 aliphatic carbocycles. The maximum absolute atomic E-state index is 14.8. The minimum atomic E-state index is -5.12. The van der Waals surface area contributed by atoms with Crippen LogP contribution in [-0.4, -0.2) is 50.6 Å². The summed E-state index contributed by atoms with van der Waals surface area (Å²) >= 11 is 0. The van der Waals surface area contributed by atoms with Crippen LogP contribution < -0.4 is 15.5 Å². The number of alkyl halides is 6. The molecule has 3 aromatic rings. The third-order valence-electron chi connectivity index (χ3n) is 6.27. The van der Waals surface area contributed by atoms with Crippen LogP contribution in [0.25, 0.3) is 5.57 Å². The van der Waals surface area contributed by atoms with Crippen LogP contribution in [0.5, 0.6) is 5.75 Å². The first-order valence-corrected chi connectivity index (χ1v) is 12.0. The lowest BCUT2D eigenvalue weighted by molar-refractivity contribution is -0.394. The molecule has 11 nitrogen and oxygen atoms in total. The van der Waals surface area contributed by atoms with Gasteiger partial charge < -0.3 is 20.2 Å². The molecule has 0 bridgehead atoms. The molecule has 2 aromatic carbocycles. The molecule has 4 rings (SSSR count). The highest BCUT2D eigenvalue weighted by atomic mass is 19.4. The second-order valence-electron chi connectivity index (χ2n) is 9.18. The molecule has 222 valence electrons. The number of nitro groups is 1. The van der Waals surface area contributed by atoms with Gasteiger partial charge in [-0.15, -0.1) is 0 Å². The van der Waals surface area contributed by atoms with Gasteiger partial charge in [0, 0.05) is 6.42 Å². The average Bonchev–Trinajstić information content (AvgIpc) is 3.36. The van der Waals surface area contributed by atoms with Crippen LogP contribution in [-0.2, 0) is 15.1 Å². The molecule has 0 radical (unpaired) electrons. The van der Waals surface area contributed by atoms with Gasteiger partial charge in [-0.1, -0.05) is 46.8 Å². The lowest BCUT2D eigenvalue weighted by Gasteiger charge is -2.41. The number of hydrogen-bond acceptors (Lipinski definition) is 7. The van der Waals surface area contributed by atoms with Gasteiger partial charge >= 0.3 is 18.3 Å². The number of aryl methyl sites for hydroxylation is 1. The van der Waals surface area contributed by atoms with Crippen LogP contribution in [0.2, 0.25) is 0 Å². The van der Waals surface area contributed by atoms with Gasteiger partial charge in [0.1, 0.15) is 11.3 Å². The van der Waals surface area contributed by atoms with E-state index >= 15 is 0 Å². The standard InChI is InChI=1S/C25H20F6N6O5/c1-14-2-4-15(5-3-14)18-12-23(25(29,30)31,16-6-8-17(9-7-16)42-11-10-24(26,27)28)33-20(38)19(18)21(39)34-36-13-32-22(35-36)37(40)41/h2-9,13H,10-12H2,1H3,(H,33,38)(H,34,39). The van der Waals surface area contributed by atoms with Gasteiger partial charge in [0.15, 0.2) is 5.54 Å². The van der Waals surface area contributed by atoms with Crippen LogP contribution >= 0.6 is 0 Å². The molecule has 1 atom stereocenters. The lowest BCUT2D eigenvalue weighted by Crippen LogP contribution is -2.59. The van der Waals surface area contributed by atoms with Crippen molar-refractivity contribution in [3.8, 4) is 5.75 Å². The van der Waals surface area contributed by atoms with Gasteiger partial charge in [-0.3, -0.25) is 9.59 Å². The number of nitrogens with zero attached hydrogens (tertiary/aromatic N) is 4. The summed E-state index contributed by atoms with van der Waals surface area (Å²) in [5.41, 5.74) is -1.59. The summed E-state index contributed by atoms with van der Waals surface area (Å²) in [7, 11) is 0. The average molecular weight is 598 g/mol. The molecule has 0 saturated carbocycles. The predicted octanol–water partition coefficient (Wildman–Crippen LogP) is 4.33. The SMILES string of the molecule is Cc1ccc(C2=C(C(=O)Nn3cnc([N+](=O)[O-])n3)C(=O)NC(c3ccc(OCCC(F)(F)F)cc3)(C(F)(F)F)C2)cc1. The fourth-order valence-electron chi connectivity index (χ4n) is 4.21. The van der Waals surface area contributed by atoms with E-state index in [9.17, 15) is 46.0 Å². The Bertz CT molecular complexity index is 1530. The van der Waals surface area contributed by atoms with Crippen molar-refractivity contribution in [1.29, 1.82) is 0 Å². The Hall–Kier alpha value is -4.96. The quantitative estimate of drug-likeness (QED) is 0.170. The van der Waals surface area contributed by atoms with Crippen molar-refractivity contribution >= 4 is 23.3 Å². The zero-order valence-corrected chi connectivity index (χ0v) is 21.4. The number of benzene rings is 2. The summed E-state index contributed by atoms with van der Waals surface area (Å²) < 4.78 is 86.7. The highest BCUT2D eigenvalue weighted by Gasteiger charge is 2.60. The molecule has 1 aromatic heterocycles. The molecular formula is C25H20F6N6O5. The van der Waals surface area contributed by atoms with Crippen LogP contribution in [0.1, 0.15) is 29.5 Å². The van der Waals surface area contributed by atoms with E-state index in [0.29, 0.717) is 4.79 Å². The summed E-state index contributed by atoms with van der Waals surface area (Å²) in [5, 5.41) is 16.2. The molecule has 1 aliphatic heterocycles. The largest absolute Gasteiger partial charge is 0.493 e. The van der Waals surface area contributed by atoms with Crippen molar-refractivity contribution in [1.82, 2.24) is 20.2 Å². The maximum atomic E-state index is 14.8. The van der Waals surface area contributed by atoms with E-state index in [2.05, 4.69) is 15.5 Å². The minimum Gasteiger partial charge on any atom is -0.493 e. The first-order valence-electron chi connectivity index (χ1n) is 12.0. The van der Waals surface area contributed by atoms with E-state index in [1.54, 1.807) is 19.1 Å². The second kappa shape index (κ2) is 11.1. The highest BCUT2D eigenvalue weighted by Crippen LogP contribution is 2.48. The summed E-state index contributed by atoms with van der Waals surface area (Å²) in [4.78, 5) is 40.3. The Kier molecular flexibility index (Phi) is 7.96. The molecule has 1 aliphatic rings. The molecule has 0 fully saturated rings. The van der Waals surface area contributed by atoms with Crippen LogP contribution in [0.3, 0.4) is 0 Å². The normalized spacial score (nSPS) is 17.5. The summed E-state index contributed by atoms with van der Waals surface area (Å²) in [5.74, 6) is -3.63. The van der Waals surface area contributed by atoms with Crippen molar-refractivity contribution in [2.45, 2.75) is 37.7 Å². The van der Waals surface area contributed by atoms with Gasteiger partial charge in [-0.05, 0) is 45.7 Å². The molecule has 2 heterocycles. The Morgan fingerprint density at radius 3 is 2.31 bits per heavy atom. The molecule has 2 N–H and O–H groups in total. The molecule has 0 saturated heterocycles. The van der Waals surface area contributed by atoms with Crippen molar-refractivity contribution in [3.63, 3.8) is 0 Å². The van der Waals surface area contributed by atoms with E-state index in [1.807, 2.05) is 5.32 Å². The van der Waals surface area contributed by atoms with E-state index in [1.165, 1.54) is 12.1 Å². The highest BCUT2D eigenvalue weighted by molar-refractivity contribution is 6.27. The molecule has 0 spiro atoms. The van der Waals surface area contributed by atoms with Gasteiger partial charge in [0.05, 0.1) is 18.1 Å². The third-order valence-corrected chi connectivity index (χ3v) is 6.27. The summed E-state index contributed by atoms with van der Waals surface area (Å²) in [6, 6.07) is 9.99. The van der Waals surface area contributed by atoms with Gasteiger partial charge in [0.25, 0.3) is 11.8 Å². The summed E-state index contributed by atoms with van der Waals surface area (Å²) in [6.07, 6.45) is -11.1. The fourth-order valence-corrected chi connectivity index (χ4v) is 4.21. The first-order chi connectivity index (χ1) is 19.6. The Balaban J connectivity index is 1.75. The van der Waals surface area contributed by atoms with E-state index < -0.39 is 71.2 Å². The lowest BCUT2D eigenvalue weighted by atomic mass is 9.76. The van der Waals surface area contributed by atoms with Crippen molar-refractivity contribution < 1.29 is 45.6 Å². The van der Waals surface area contributed by atoms with Crippen LogP contribution in [0, 0.1) is 17.0 Å². The second-order valence-corrected chi connectivity index (χ2v) is 9.18. The van der Waals surface area contributed by atoms with Crippen LogP contribution in [0.4, 0.5) is 32.3 Å². The van der Waals surface area contributed by atoms with E-state index in [-0.39, 0.29) is 16.9 Å². The number of carbonyl (C=O) groups excluding carboxylic acids is 2. The van der Waals surface area contributed by atoms with Gasteiger partial charge in [0.2, 0.25) is 6.33 Å². The number of hydrogen-bond donors (Lipinski definition) is 2. The van der Waals surface area contributed by atoms with Crippen molar-refractivity contribution in [2.75, 3.05) is 12.0 Å². The number of amides is 2. The fraction of sp³-hybridized carbons (Fsp3) is 0.280.